The van der Waals surface area contributed by atoms with Crippen LogP contribution in [0, 0.1) is 3.57 Å². The lowest BCUT2D eigenvalue weighted by molar-refractivity contribution is 0.198. The van der Waals surface area contributed by atoms with E-state index in [1.807, 2.05) is 18.2 Å². The molecule has 1 aromatic carbocycles. The fourth-order valence-corrected chi connectivity index (χ4v) is 2.11. The third kappa shape index (κ3) is 1.97. The van der Waals surface area contributed by atoms with Crippen molar-refractivity contribution >= 4 is 22.6 Å². The topological polar surface area (TPSA) is 46.2 Å². The van der Waals surface area contributed by atoms with Gasteiger partial charge in [0.05, 0.1) is 6.10 Å². The second-order valence-electron chi connectivity index (χ2n) is 2.70. The first-order valence-corrected chi connectivity index (χ1v) is 4.90. The molecule has 0 saturated heterocycles. The third-order valence-electron chi connectivity index (χ3n) is 1.78. The van der Waals surface area contributed by atoms with E-state index in [2.05, 4.69) is 22.6 Å². The maximum Gasteiger partial charge on any atom is 0.0772 e. The zero-order valence-electron chi connectivity index (χ0n) is 6.92. The maximum atomic E-state index is 9.38. The van der Waals surface area contributed by atoms with Gasteiger partial charge in [0.25, 0.3) is 0 Å². The summed E-state index contributed by atoms with van der Waals surface area (Å²) in [6, 6.07) is 5.83. The summed E-state index contributed by atoms with van der Waals surface area (Å²) in [7, 11) is 0. The van der Waals surface area contributed by atoms with Gasteiger partial charge in [-0.05, 0) is 40.6 Å². The van der Waals surface area contributed by atoms with Gasteiger partial charge in [0.15, 0.2) is 0 Å². The predicted molar refractivity (Wildman–Crippen MR) is 57.7 cm³/mol. The summed E-state index contributed by atoms with van der Waals surface area (Å²) in [6.45, 7) is 2.29. The summed E-state index contributed by atoms with van der Waals surface area (Å²) in [6.07, 6.45) is -0.414. The molecule has 0 spiro atoms. The largest absolute Gasteiger partial charge is 0.389 e. The molecular weight excluding hydrogens is 265 g/mol. The molecule has 0 amide bonds. The fraction of sp³-hybridized carbons (Fsp3) is 0.333. The number of aliphatic hydroxyl groups excluding tert-OH is 1. The van der Waals surface area contributed by atoms with Crippen molar-refractivity contribution in [2.45, 2.75) is 19.6 Å². The molecule has 12 heavy (non-hydrogen) atoms. The molecule has 0 unspecified atom stereocenters. The molecule has 3 heteroatoms. The Balaban J connectivity index is 3.14. The van der Waals surface area contributed by atoms with E-state index in [0.717, 1.165) is 14.7 Å². The molecule has 0 saturated carbocycles. The molecule has 0 fully saturated rings. The van der Waals surface area contributed by atoms with Crippen LogP contribution in [0.25, 0.3) is 0 Å². The molecule has 3 N–H and O–H groups in total. The molecule has 0 heterocycles. The van der Waals surface area contributed by atoms with Crippen molar-refractivity contribution < 1.29 is 5.11 Å². The summed E-state index contributed by atoms with van der Waals surface area (Å²) in [5.41, 5.74) is 7.58. The zero-order valence-corrected chi connectivity index (χ0v) is 9.08. The minimum atomic E-state index is -0.414. The van der Waals surface area contributed by atoms with E-state index in [4.69, 9.17) is 5.73 Å². The van der Waals surface area contributed by atoms with Crippen LogP contribution in [0.5, 0.6) is 0 Å². The van der Waals surface area contributed by atoms with Crippen LogP contribution in [0.2, 0.25) is 0 Å². The van der Waals surface area contributed by atoms with Crippen molar-refractivity contribution in [1.82, 2.24) is 0 Å². The van der Waals surface area contributed by atoms with E-state index in [9.17, 15) is 5.11 Å². The van der Waals surface area contributed by atoms with E-state index in [0.29, 0.717) is 6.54 Å². The highest BCUT2D eigenvalue weighted by Gasteiger charge is 2.07. The number of aliphatic hydroxyl groups is 1. The fourth-order valence-electron chi connectivity index (χ4n) is 1.08. The third-order valence-corrected chi connectivity index (χ3v) is 3.09. The number of halogens is 1. The molecule has 0 aromatic heterocycles. The highest BCUT2D eigenvalue weighted by molar-refractivity contribution is 14.1. The van der Waals surface area contributed by atoms with Crippen molar-refractivity contribution in [3.8, 4) is 0 Å². The Bertz CT molecular complexity index is 273. The van der Waals surface area contributed by atoms with Gasteiger partial charge in [-0.15, -0.1) is 0 Å². The standard InChI is InChI=1S/C9H12INO/c1-6(12)8-4-2-3-7(5-11)9(8)10/h2-4,6,12H,5,11H2,1H3/t6-/m0/s1. The first kappa shape index (κ1) is 9.95. The van der Waals surface area contributed by atoms with E-state index >= 15 is 0 Å². The number of benzene rings is 1. The van der Waals surface area contributed by atoms with Gasteiger partial charge in [0.2, 0.25) is 0 Å². The van der Waals surface area contributed by atoms with Gasteiger partial charge < -0.3 is 10.8 Å². The van der Waals surface area contributed by atoms with Crippen LogP contribution in [0.3, 0.4) is 0 Å². The molecule has 1 atom stereocenters. The van der Waals surface area contributed by atoms with Crippen LogP contribution >= 0.6 is 22.6 Å². The van der Waals surface area contributed by atoms with Crippen molar-refractivity contribution in [1.29, 1.82) is 0 Å². The zero-order chi connectivity index (χ0) is 9.14. The monoisotopic (exact) mass is 277 g/mol. The Morgan fingerprint density at radius 3 is 2.75 bits per heavy atom. The van der Waals surface area contributed by atoms with Gasteiger partial charge in [0.1, 0.15) is 0 Å². The Morgan fingerprint density at radius 2 is 2.25 bits per heavy atom. The first-order valence-electron chi connectivity index (χ1n) is 3.82. The van der Waals surface area contributed by atoms with Crippen LogP contribution < -0.4 is 5.73 Å². The Morgan fingerprint density at radius 1 is 1.58 bits per heavy atom. The van der Waals surface area contributed by atoms with E-state index in [1.165, 1.54) is 0 Å². The van der Waals surface area contributed by atoms with Gasteiger partial charge in [-0.2, -0.15) is 0 Å². The van der Waals surface area contributed by atoms with Crippen LogP contribution in [-0.4, -0.2) is 5.11 Å². The van der Waals surface area contributed by atoms with E-state index in [-0.39, 0.29) is 0 Å². The van der Waals surface area contributed by atoms with Crippen molar-refractivity contribution in [2.75, 3.05) is 0 Å². The van der Waals surface area contributed by atoms with Gasteiger partial charge in [0, 0.05) is 10.1 Å². The lowest BCUT2D eigenvalue weighted by Crippen LogP contribution is -2.03. The lowest BCUT2D eigenvalue weighted by atomic mass is 10.1. The van der Waals surface area contributed by atoms with Crippen molar-refractivity contribution in [2.24, 2.45) is 5.73 Å². The molecular formula is C9H12INO. The molecule has 0 aliphatic heterocycles. The smallest absolute Gasteiger partial charge is 0.0772 e. The number of hydrogen-bond acceptors (Lipinski definition) is 2. The Kier molecular flexibility index (Phi) is 3.49. The summed E-state index contributed by atoms with van der Waals surface area (Å²) < 4.78 is 1.08. The van der Waals surface area contributed by atoms with Crippen molar-refractivity contribution in [3.05, 3.63) is 32.9 Å². The molecule has 0 bridgehead atoms. The molecule has 2 nitrogen and oxygen atoms in total. The molecule has 1 aromatic rings. The number of hydrogen-bond donors (Lipinski definition) is 2. The lowest BCUT2D eigenvalue weighted by Gasteiger charge is -2.10. The quantitative estimate of drug-likeness (QED) is 0.810. The summed E-state index contributed by atoms with van der Waals surface area (Å²) in [5, 5.41) is 9.38. The molecule has 0 radical (unpaired) electrons. The van der Waals surface area contributed by atoms with Crippen molar-refractivity contribution in [3.63, 3.8) is 0 Å². The summed E-state index contributed by atoms with van der Waals surface area (Å²) in [5.74, 6) is 0. The van der Waals surface area contributed by atoms with E-state index in [1.54, 1.807) is 6.92 Å². The molecule has 1 rings (SSSR count). The van der Waals surface area contributed by atoms with Crippen LogP contribution in [0.4, 0.5) is 0 Å². The second-order valence-corrected chi connectivity index (χ2v) is 3.78. The summed E-state index contributed by atoms with van der Waals surface area (Å²) >= 11 is 2.22. The molecule has 0 aliphatic carbocycles. The minimum Gasteiger partial charge on any atom is -0.389 e. The average molecular weight is 277 g/mol. The molecule has 0 aliphatic rings. The second kappa shape index (κ2) is 4.20. The highest BCUT2D eigenvalue weighted by atomic mass is 127. The Hall–Kier alpha value is -0.130. The first-order chi connectivity index (χ1) is 5.66. The van der Waals surface area contributed by atoms with Gasteiger partial charge >= 0.3 is 0 Å². The van der Waals surface area contributed by atoms with E-state index < -0.39 is 6.10 Å². The number of nitrogens with two attached hydrogens (primary N) is 1. The maximum absolute atomic E-state index is 9.38. The van der Waals surface area contributed by atoms with Gasteiger partial charge in [-0.3, -0.25) is 0 Å². The normalized spacial score (nSPS) is 13.0. The van der Waals surface area contributed by atoms with Crippen LogP contribution in [-0.2, 0) is 6.54 Å². The predicted octanol–water partition coefficient (Wildman–Crippen LogP) is 1.80. The SMILES string of the molecule is C[C@H](O)c1cccc(CN)c1I. The summed E-state index contributed by atoms with van der Waals surface area (Å²) in [4.78, 5) is 0. The van der Waals surface area contributed by atoms with Crippen LogP contribution in [0.1, 0.15) is 24.2 Å². The number of rotatable bonds is 2. The highest BCUT2D eigenvalue weighted by Crippen LogP contribution is 2.22. The Labute approximate surface area is 85.9 Å². The average Bonchev–Trinajstić information content (AvgIpc) is 2.04. The minimum absolute atomic E-state index is 0.414. The van der Waals surface area contributed by atoms with Gasteiger partial charge in [-0.25, -0.2) is 0 Å². The molecule has 66 valence electrons. The van der Waals surface area contributed by atoms with Crippen LogP contribution in [0.15, 0.2) is 18.2 Å². The van der Waals surface area contributed by atoms with Gasteiger partial charge in [-0.1, -0.05) is 18.2 Å².